The topological polar surface area (TPSA) is 187 Å². The zero-order valence-corrected chi connectivity index (χ0v) is 41.5. The molecule has 4 aliphatic heterocycles. The number of rotatable bonds is 14. The van der Waals surface area contributed by atoms with E-state index >= 15 is 0 Å². The molecule has 2 aromatic carbocycles. The first-order valence-corrected chi connectivity index (χ1v) is 27.2. The Labute approximate surface area is 398 Å². The number of aliphatic hydroxyl groups excluding tert-OH is 2. The lowest BCUT2D eigenvalue weighted by atomic mass is 9.98. The fourth-order valence-corrected chi connectivity index (χ4v) is 14.2. The van der Waals surface area contributed by atoms with Crippen LogP contribution in [0.4, 0.5) is 11.4 Å². The molecule has 0 unspecified atom stereocenters. The number of piperazine rings is 2. The maximum absolute atomic E-state index is 13.2. The van der Waals surface area contributed by atoms with Crippen molar-refractivity contribution in [2.24, 2.45) is 0 Å². The quantitative estimate of drug-likeness (QED) is 0.145. The van der Waals surface area contributed by atoms with Crippen LogP contribution in [-0.2, 0) is 40.7 Å². The second-order valence-electron chi connectivity index (χ2n) is 18.3. The van der Waals surface area contributed by atoms with E-state index in [1.54, 1.807) is 71.3 Å². The van der Waals surface area contributed by atoms with Gasteiger partial charge in [0.05, 0.1) is 75.0 Å². The van der Waals surface area contributed by atoms with E-state index in [9.17, 15) is 37.3 Å². The summed E-state index contributed by atoms with van der Waals surface area (Å²) in [6, 6.07) is 22.1. The van der Waals surface area contributed by atoms with Crippen LogP contribution in [0.5, 0.6) is 0 Å². The highest BCUT2D eigenvalue weighted by Gasteiger charge is 2.39. The molecule has 0 radical (unpaired) electrons. The van der Waals surface area contributed by atoms with Crippen molar-refractivity contribution >= 4 is 54.1 Å². The fraction of sp³-hybridized carbons (Fsp3) is 0.565. The third-order valence-corrected chi connectivity index (χ3v) is 19.4. The Kier molecular flexibility index (Phi) is 16.7. The van der Waals surface area contributed by atoms with Crippen LogP contribution in [0.25, 0.3) is 0 Å². The van der Waals surface area contributed by atoms with Gasteiger partial charge in [-0.05, 0) is 86.0 Å². The number of ether oxygens (including phenoxy) is 2. The predicted octanol–water partition coefficient (Wildman–Crippen LogP) is 3.10. The van der Waals surface area contributed by atoms with Crippen molar-refractivity contribution in [3.05, 3.63) is 94.7 Å². The molecule has 4 aliphatic rings. The molecule has 16 nitrogen and oxygen atoms in total. The van der Waals surface area contributed by atoms with Gasteiger partial charge in [-0.25, -0.2) is 16.8 Å². The highest BCUT2D eigenvalue weighted by molar-refractivity contribution is 7.91. The molecule has 0 amide bonds. The summed E-state index contributed by atoms with van der Waals surface area (Å²) in [4.78, 5) is 8.90. The molecule has 4 aromatic rings. The highest BCUT2D eigenvalue weighted by Crippen LogP contribution is 2.32. The average molecular weight is 991 g/mol. The largest absolute Gasteiger partial charge is 0.395 e. The number of anilines is 2. The third-order valence-electron chi connectivity index (χ3n) is 12.9. The maximum Gasteiger partial charge on any atom is 0.252 e. The molecule has 0 aliphatic carbocycles. The predicted molar refractivity (Wildman–Crippen MR) is 258 cm³/mol. The zero-order valence-electron chi connectivity index (χ0n) is 38.3. The molecule has 0 spiro atoms. The van der Waals surface area contributed by atoms with E-state index in [1.807, 2.05) is 48.5 Å². The molecular weight excluding hydrogens is 925 g/mol. The normalized spacial score (nSPS) is 23.7. The van der Waals surface area contributed by atoms with Crippen molar-refractivity contribution in [3.8, 4) is 0 Å². The molecule has 0 saturated carbocycles. The van der Waals surface area contributed by atoms with Crippen LogP contribution >= 0.6 is 22.7 Å². The van der Waals surface area contributed by atoms with Gasteiger partial charge in [0.25, 0.3) is 20.0 Å². The van der Waals surface area contributed by atoms with Gasteiger partial charge in [-0.1, -0.05) is 36.4 Å². The maximum atomic E-state index is 13.2. The number of morpholine rings is 2. The smallest absolute Gasteiger partial charge is 0.252 e. The number of nitrogens with zero attached hydrogens (tertiary/aromatic N) is 6. The van der Waals surface area contributed by atoms with Gasteiger partial charge in [0.1, 0.15) is 8.42 Å². The summed E-state index contributed by atoms with van der Waals surface area (Å²) in [6.45, 7) is 14.5. The van der Waals surface area contributed by atoms with Gasteiger partial charge in [-0.15, -0.1) is 22.7 Å². The van der Waals surface area contributed by atoms with E-state index in [1.165, 1.54) is 22.7 Å². The van der Waals surface area contributed by atoms with Gasteiger partial charge in [-0.2, -0.15) is 8.61 Å². The van der Waals surface area contributed by atoms with E-state index in [0.717, 1.165) is 22.5 Å². The molecule has 4 fully saturated rings. The molecule has 6 heterocycles. The van der Waals surface area contributed by atoms with E-state index in [2.05, 4.69) is 19.6 Å². The number of sulfonamides is 2. The van der Waals surface area contributed by atoms with Crippen LogP contribution < -0.4 is 9.80 Å². The molecule has 4 atom stereocenters. The molecule has 364 valence electrons. The molecular formula is C46H66N6O10S4. The first-order chi connectivity index (χ1) is 31.4. The average Bonchev–Trinajstić information content (AvgIpc) is 4.07. The monoisotopic (exact) mass is 990 g/mol. The van der Waals surface area contributed by atoms with Crippen LogP contribution in [-0.4, -0.2) is 185 Å². The standard InChI is InChI=1S/2C23H33N3O5S2/c2*1-23(2,28)18-5-7-19(8-6-18)26-10-9-25(33(29,30)22-4-3-13-32-22)15-20(26)14-24-11-12-31-17-21(24)16-27/h2*3-8,13,20-21,27-28H,9-12,14-17H2,1-2H3/t2*20-,21-/m00/s1. The van der Waals surface area contributed by atoms with Crippen molar-refractivity contribution in [3.63, 3.8) is 0 Å². The van der Waals surface area contributed by atoms with Gasteiger partial charge >= 0.3 is 0 Å². The Balaban J connectivity index is 0.000000196. The molecule has 8 rings (SSSR count). The Morgan fingerprint density at radius 3 is 1.26 bits per heavy atom. The Bertz CT molecular complexity index is 2180. The number of hydrogen-bond donors (Lipinski definition) is 4. The summed E-state index contributed by atoms with van der Waals surface area (Å²) in [5, 5.41) is 43.8. The van der Waals surface area contributed by atoms with Crippen molar-refractivity contribution in [2.75, 3.05) is 115 Å². The summed E-state index contributed by atoms with van der Waals surface area (Å²) in [5.41, 5.74) is 1.80. The zero-order chi connectivity index (χ0) is 47.3. The van der Waals surface area contributed by atoms with E-state index in [0.29, 0.717) is 100 Å². The van der Waals surface area contributed by atoms with Gasteiger partial charge in [-0.3, -0.25) is 9.80 Å². The van der Waals surface area contributed by atoms with Crippen molar-refractivity contribution in [2.45, 2.75) is 71.5 Å². The van der Waals surface area contributed by atoms with E-state index in [-0.39, 0.29) is 37.4 Å². The second-order valence-corrected chi connectivity index (χ2v) is 24.5. The van der Waals surface area contributed by atoms with E-state index < -0.39 is 31.2 Å². The van der Waals surface area contributed by atoms with Crippen LogP contribution in [0.15, 0.2) is 92.0 Å². The molecule has 66 heavy (non-hydrogen) atoms. The summed E-state index contributed by atoms with van der Waals surface area (Å²) in [5.74, 6) is 0. The SMILES string of the molecule is CC(C)(O)c1ccc(N2CCN(S(=O)(=O)c3cccs3)C[C@@H]2CN2CCOC[C@@H]2CO)cc1.CC(C)(O)c1ccc(N2CCN(S(=O)(=O)c3cccs3)C[C@@H]2CN2CCOC[C@@H]2CO)cc1. The van der Waals surface area contributed by atoms with Gasteiger partial charge in [0.2, 0.25) is 0 Å². The lowest BCUT2D eigenvalue weighted by molar-refractivity contribution is -0.0309. The summed E-state index contributed by atoms with van der Waals surface area (Å²) in [6.07, 6.45) is 0. The first-order valence-electron chi connectivity index (χ1n) is 22.5. The summed E-state index contributed by atoms with van der Waals surface area (Å²) < 4.78 is 67.8. The van der Waals surface area contributed by atoms with Gasteiger partial charge in [0.15, 0.2) is 0 Å². The van der Waals surface area contributed by atoms with E-state index in [4.69, 9.17) is 9.47 Å². The lowest BCUT2D eigenvalue weighted by Crippen LogP contribution is -2.60. The van der Waals surface area contributed by atoms with Gasteiger partial charge in [0, 0.05) is 76.8 Å². The Morgan fingerprint density at radius 1 is 0.561 bits per heavy atom. The molecule has 4 saturated heterocycles. The Hall–Kier alpha value is -3.06. The summed E-state index contributed by atoms with van der Waals surface area (Å²) in [7, 11) is -7.09. The lowest BCUT2D eigenvalue weighted by Gasteiger charge is -2.45. The van der Waals surface area contributed by atoms with Crippen LogP contribution in [0, 0.1) is 0 Å². The number of hydrogen-bond acceptors (Lipinski definition) is 16. The number of benzene rings is 2. The molecule has 2 aromatic heterocycles. The van der Waals surface area contributed by atoms with Crippen molar-refractivity contribution in [1.82, 2.24) is 18.4 Å². The van der Waals surface area contributed by atoms with Crippen molar-refractivity contribution in [1.29, 1.82) is 0 Å². The summed E-state index contributed by atoms with van der Waals surface area (Å²) >= 11 is 2.48. The minimum Gasteiger partial charge on any atom is -0.395 e. The number of thiophene rings is 2. The number of aliphatic hydroxyl groups is 4. The minimum absolute atomic E-state index is 0.00417. The fourth-order valence-electron chi connectivity index (χ4n) is 9.02. The Morgan fingerprint density at radius 2 is 0.939 bits per heavy atom. The minimum atomic E-state index is -3.54. The second kappa shape index (κ2) is 21.7. The highest BCUT2D eigenvalue weighted by atomic mass is 32.3. The van der Waals surface area contributed by atoms with Gasteiger partial charge < -0.3 is 39.7 Å². The third kappa shape index (κ3) is 12.0. The molecule has 4 N–H and O–H groups in total. The molecule has 0 bridgehead atoms. The van der Waals surface area contributed by atoms with Crippen LogP contribution in [0.1, 0.15) is 38.8 Å². The first kappa shape index (κ1) is 50.8. The molecule has 20 heteroatoms. The van der Waals surface area contributed by atoms with Crippen molar-refractivity contribution < 1.29 is 46.7 Å². The van der Waals surface area contributed by atoms with Crippen LogP contribution in [0.3, 0.4) is 0 Å². The van der Waals surface area contributed by atoms with Crippen LogP contribution in [0.2, 0.25) is 0 Å².